The number of nitrogens with one attached hydrogen (secondary N) is 1. The molecule has 5 rings (SSSR count). The standard InChI is InChI=1S/C24H33NO4/c1-15-7-6-11-23(2)13-19-20(21-24(15,23)29-21)17(22(26)28-19)14-25-12-10-16-8-4-5-9-18(16)27-3/h4-5,8-9,15,17,19-21,25H,6-7,10-14H2,1-3H3/t15-,17?,19+,20+,21?,23+,24?/m0/s1. The van der Waals surface area contributed by atoms with E-state index in [2.05, 4.69) is 25.2 Å². The van der Waals surface area contributed by atoms with E-state index in [4.69, 9.17) is 14.2 Å². The lowest BCUT2D eigenvalue weighted by molar-refractivity contribution is -0.146. The predicted octanol–water partition coefficient (Wildman–Crippen LogP) is 3.35. The quantitative estimate of drug-likeness (QED) is 0.452. The van der Waals surface area contributed by atoms with Crippen molar-refractivity contribution in [2.24, 2.45) is 23.2 Å². The zero-order valence-corrected chi connectivity index (χ0v) is 17.8. The van der Waals surface area contributed by atoms with E-state index in [0.29, 0.717) is 12.5 Å². The summed E-state index contributed by atoms with van der Waals surface area (Å²) < 4.78 is 17.8. The van der Waals surface area contributed by atoms with Crippen molar-refractivity contribution in [3.05, 3.63) is 29.8 Å². The SMILES string of the molecule is COc1ccccc1CCNCC1C(=O)O[C@@H]2C[C@@]3(C)CCC[C@H](C)C34OC4[C@H]12. The van der Waals surface area contributed by atoms with Gasteiger partial charge in [0.15, 0.2) is 0 Å². The van der Waals surface area contributed by atoms with Gasteiger partial charge in [0.2, 0.25) is 0 Å². The molecule has 5 heteroatoms. The van der Waals surface area contributed by atoms with E-state index in [1.54, 1.807) is 7.11 Å². The topological polar surface area (TPSA) is 60.1 Å². The van der Waals surface area contributed by atoms with E-state index < -0.39 is 0 Å². The third-order valence-corrected chi connectivity index (χ3v) is 8.32. The molecule has 2 aliphatic carbocycles. The summed E-state index contributed by atoms with van der Waals surface area (Å²) in [6, 6.07) is 8.10. The van der Waals surface area contributed by atoms with Crippen LogP contribution < -0.4 is 10.1 Å². The molecule has 2 aliphatic heterocycles. The number of benzene rings is 1. The summed E-state index contributed by atoms with van der Waals surface area (Å²) in [5.74, 6) is 1.56. The molecule has 1 aromatic carbocycles. The highest BCUT2D eigenvalue weighted by Crippen LogP contribution is 2.70. The number of hydrogen-bond acceptors (Lipinski definition) is 5. The van der Waals surface area contributed by atoms with Gasteiger partial charge in [-0.15, -0.1) is 0 Å². The van der Waals surface area contributed by atoms with Gasteiger partial charge >= 0.3 is 5.97 Å². The minimum atomic E-state index is -0.0966. The fourth-order valence-corrected chi connectivity index (χ4v) is 6.86. The first-order valence-corrected chi connectivity index (χ1v) is 11.2. The van der Waals surface area contributed by atoms with Crippen molar-refractivity contribution < 1.29 is 19.0 Å². The van der Waals surface area contributed by atoms with Gasteiger partial charge in [-0.2, -0.15) is 0 Å². The fourth-order valence-electron chi connectivity index (χ4n) is 6.86. The highest BCUT2D eigenvalue weighted by molar-refractivity contribution is 5.76. The van der Waals surface area contributed by atoms with Crippen LogP contribution in [0.3, 0.4) is 0 Å². The smallest absolute Gasteiger partial charge is 0.311 e. The molecular weight excluding hydrogens is 366 g/mol. The lowest BCUT2D eigenvalue weighted by Gasteiger charge is -2.48. The van der Waals surface area contributed by atoms with Crippen LogP contribution in [0.25, 0.3) is 0 Å². The molecule has 0 bridgehead atoms. The summed E-state index contributed by atoms with van der Waals surface area (Å²) in [5.41, 5.74) is 1.32. The Labute approximate surface area is 173 Å². The molecule has 7 atom stereocenters. The summed E-state index contributed by atoms with van der Waals surface area (Å²) in [7, 11) is 1.70. The Hall–Kier alpha value is -1.59. The number of esters is 1. The molecule has 1 aromatic rings. The van der Waals surface area contributed by atoms with Crippen molar-refractivity contribution in [2.45, 2.75) is 63.8 Å². The Kier molecular flexibility index (Phi) is 4.67. The Bertz CT molecular complexity index is 797. The van der Waals surface area contributed by atoms with Crippen LogP contribution in [0.1, 0.15) is 45.1 Å². The van der Waals surface area contributed by atoms with Gasteiger partial charge in [0.05, 0.1) is 19.1 Å². The van der Waals surface area contributed by atoms with Crippen LogP contribution in [0.5, 0.6) is 5.75 Å². The van der Waals surface area contributed by atoms with E-state index in [1.807, 2.05) is 18.2 Å². The van der Waals surface area contributed by atoms with Gasteiger partial charge < -0.3 is 19.5 Å². The third-order valence-electron chi connectivity index (χ3n) is 8.32. The molecule has 158 valence electrons. The molecule has 1 spiro atoms. The molecule has 4 aliphatic rings. The monoisotopic (exact) mass is 399 g/mol. The molecule has 29 heavy (non-hydrogen) atoms. The molecule has 5 nitrogen and oxygen atoms in total. The summed E-state index contributed by atoms with van der Waals surface area (Å²) in [4.78, 5) is 12.7. The van der Waals surface area contributed by atoms with E-state index in [0.717, 1.165) is 25.1 Å². The zero-order valence-electron chi connectivity index (χ0n) is 17.8. The number of fused-ring (bicyclic) bond motifs is 2. The van der Waals surface area contributed by atoms with E-state index in [9.17, 15) is 4.79 Å². The van der Waals surface area contributed by atoms with Crippen molar-refractivity contribution in [3.63, 3.8) is 0 Å². The van der Waals surface area contributed by atoms with Crippen molar-refractivity contribution in [3.8, 4) is 5.75 Å². The number of rotatable bonds is 6. The van der Waals surface area contributed by atoms with Gasteiger partial charge in [-0.3, -0.25) is 4.79 Å². The Morgan fingerprint density at radius 3 is 2.97 bits per heavy atom. The van der Waals surface area contributed by atoms with E-state index in [1.165, 1.54) is 24.8 Å². The molecule has 1 N–H and O–H groups in total. The first kappa shape index (κ1) is 19.4. The van der Waals surface area contributed by atoms with Crippen LogP contribution in [0.15, 0.2) is 24.3 Å². The first-order valence-electron chi connectivity index (χ1n) is 11.2. The number of methoxy groups -OCH3 is 1. The minimum absolute atomic E-state index is 0.0178. The van der Waals surface area contributed by atoms with Gasteiger partial charge in [-0.1, -0.05) is 38.5 Å². The van der Waals surface area contributed by atoms with Crippen molar-refractivity contribution in [1.29, 1.82) is 0 Å². The minimum Gasteiger partial charge on any atom is -0.496 e. The maximum atomic E-state index is 12.7. The van der Waals surface area contributed by atoms with E-state index in [-0.39, 0.29) is 41.0 Å². The maximum Gasteiger partial charge on any atom is 0.311 e. The average molecular weight is 400 g/mol. The molecule has 0 radical (unpaired) electrons. The maximum absolute atomic E-state index is 12.7. The summed E-state index contributed by atoms with van der Waals surface area (Å²) >= 11 is 0. The molecule has 0 aromatic heterocycles. The van der Waals surface area contributed by atoms with Gasteiger partial charge in [0.25, 0.3) is 0 Å². The fraction of sp³-hybridized carbons (Fsp3) is 0.708. The second kappa shape index (κ2) is 6.98. The Morgan fingerprint density at radius 2 is 2.14 bits per heavy atom. The average Bonchev–Trinajstić information content (AvgIpc) is 3.39. The molecule has 3 unspecified atom stereocenters. The summed E-state index contributed by atoms with van der Waals surface area (Å²) in [5, 5.41) is 3.51. The number of ether oxygens (including phenoxy) is 3. The number of carbonyl (C=O) groups is 1. The van der Waals surface area contributed by atoms with Crippen LogP contribution in [0, 0.1) is 23.2 Å². The van der Waals surface area contributed by atoms with Gasteiger partial charge in [0.1, 0.15) is 17.5 Å². The van der Waals surface area contributed by atoms with Crippen molar-refractivity contribution >= 4 is 5.97 Å². The van der Waals surface area contributed by atoms with E-state index >= 15 is 0 Å². The lowest BCUT2D eigenvalue weighted by Crippen LogP contribution is -2.54. The molecular formula is C24H33NO4. The normalized spacial score (nSPS) is 42.4. The molecule has 2 heterocycles. The predicted molar refractivity (Wildman–Crippen MR) is 110 cm³/mol. The summed E-state index contributed by atoms with van der Waals surface area (Å²) in [6.45, 7) is 6.18. The Morgan fingerprint density at radius 1 is 1.31 bits per heavy atom. The lowest BCUT2D eigenvalue weighted by atomic mass is 9.53. The van der Waals surface area contributed by atoms with Crippen LogP contribution in [0.4, 0.5) is 0 Å². The third kappa shape index (κ3) is 2.84. The van der Waals surface area contributed by atoms with Gasteiger partial charge in [-0.25, -0.2) is 0 Å². The highest BCUT2D eigenvalue weighted by atomic mass is 16.6. The number of hydrogen-bond donors (Lipinski definition) is 1. The Balaban J connectivity index is 1.24. The number of para-hydroxylation sites is 1. The van der Waals surface area contributed by atoms with Crippen LogP contribution in [-0.4, -0.2) is 44.0 Å². The van der Waals surface area contributed by atoms with Crippen LogP contribution in [-0.2, 0) is 20.7 Å². The van der Waals surface area contributed by atoms with Gasteiger partial charge in [-0.05, 0) is 49.8 Å². The van der Waals surface area contributed by atoms with Gasteiger partial charge in [0, 0.05) is 17.9 Å². The molecule has 4 fully saturated rings. The van der Waals surface area contributed by atoms with Crippen LogP contribution >= 0.6 is 0 Å². The number of carbonyl (C=O) groups excluding carboxylic acids is 1. The highest BCUT2D eigenvalue weighted by Gasteiger charge is 2.78. The largest absolute Gasteiger partial charge is 0.496 e. The molecule has 2 saturated heterocycles. The number of epoxide rings is 1. The van der Waals surface area contributed by atoms with Crippen LogP contribution in [0.2, 0.25) is 0 Å². The van der Waals surface area contributed by atoms with Crippen molar-refractivity contribution in [1.82, 2.24) is 5.32 Å². The summed E-state index contributed by atoms with van der Waals surface area (Å²) in [6.07, 6.45) is 5.74. The zero-order chi connectivity index (χ0) is 20.2. The second-order valence-electron chi connectivity index (χ2n) is 9.81. The molecule has 2 saturated carbocycles. The second-order valence-corrected chi connectivity index (χ2v) is 9.81. The first-order chi connectivity index (χ1) is 14.0. The van der Waals surface area contributed by atoms with Crippen molar-refractivity contribution in [2.75, 3.05) is 20.2 Å². The molecule has 0 amide bonds.